The molecule has 1 aromatic heterocycles. The Morgan fingerprint density at radius 2 is 1.45 bits per heavy atom. The lowest BCUT2D eigenvalue weighted by atomic mass is 10.0. The summed E-state index contributed by atoms with van der Waals surface area (Å²) < 4.78 is 0. The summed E-state index contributed by atoms with van der Waals surface area (Å²) >= 11 is 0. The van der Waals surface area contributed by atoms with Crippen LogP contribution in [0.25, 0.3) is 10.9 Å². The Morgan fingerprint density at radius 1 is 0.750 bits per heavy atom. The highest BCUT2D eigenvalue weighted by Gasteiger charge is 2.30. The van der Waals surface area contributed by atoms with Crippen molar-refractivity contribution >= 4 is 34.5 Å². The van der Waals surface area contributed by atoms with Gasteiger partial charge in [0.2, 0.25) is 23.6 Å². The Bertz CT molecular complexity index is 1410. The molecule has 4 amide bonds. The topological polar surface area (TPSA) is 178 Å². The average molecular weight is 605 g/mol. The first-order valence-corrected chi connectivity index (χ1v) is 15.5. The molecule has 0 unspecified atom stereocenters. The van der Waals surface area contributed by atoms with Crippen LogP contribution in [0.1, 0.15) is 62.5 Å². The predicted molar refractivity (Wildman–Crippen MR) is 169 cm³/mol. The first-order valence-electron chi connectivity index (χ1n) is 15.5. The van der Waals surface area contributed by atoms with Gasteiger partial charge in [0.15, 0.2) is 0 Å². The van der Waals surface area contributed by atoms with E-state index in [4.69, 9.17) is 5.73 Å². The maximum Gasteiger partial charge on any atom is 0.243 e. The minimum atomic E-state index is -1.03. The number of rotatable bonds is 8. The third-order valence-electron chi connectivity index (χ3n) is 7.97. The zero-order chi connectivity index (χ0) is 31.3. The second-order valence-corrected chi connectivity index (χ2v) is 11.4. The normalized spacial score (nSPS) is 21.2. The van der Waals surface area contributed by atoms with Crippen molar-refractivity contribution in [2.24, 2.45) is 5.73 Å². The molecule has 4 rings (SSSR count). The summed E-state index contributed by atoms with van der Waals surface area (Å²) in [6.07, 6.45) is 7.25. The predicted octanol–water partition coefficient (Wildman–Crippen LogP) is 2.32. The molecule has 1 aliphatic rings. The standard InChI is InChI=1S/C33H44N6O5/c34-17-7-6-11-27-31(42)35-18-8-2-1-3-12-30(41)37-28(19-22-13-15-24(40)16-14-22)32(43)39-29(33(44)38-27)20-23-21-36-26-10-5-4-9-25(23)26/h4-5,9-10,13-16,21,27-29,36,40H,1-3,6-8,11-12,17-20,34H2,(H,35,42)(H,37,41)(H,38,44)(H,39,43)/t27-,28-,29+/m0/s1. The highest BCUT2D eigenvalue weighted by molar-refractivity contribution is 5.95. The third-order valence-corrected chi connectivity index (χ3v) is 7.97. The van der Waals surface area contributed by atoms with E-state index < -0.39 is 29.9 Å². The molecule has 1 saturated heterocycles. The molecule has 0 aliphatic carbocycles. The molecule has 1 aliphatic heterocycles. The van der Waals surface area contributed by atoms with Gasteiger partial charge in [-0.25, -0.2) is 0 Å². The van der Waals surface area contributed by atoms with E-state index in [0.717, 1.165) is 41.3 Å². The minimum Gasteiger partial charge on any atom is -0.508 e. The highest BCUT2D eigenvalue weighted by atomic mass is 16.3. The molecule has 44 heavy (non-hydrogen) atoms. The van der Waals surface area contributed by atoms with Crippen LogP contribution in [0, 0.1) is 0 Å². The summed E-state index contributed by atoms with van der Waals surface area (Å²) in [6, 6.07) is 11.4. The number of hydrogen-bond acceptors (Lipinski definition) is 6. The molecule has 2 heterocycles. The molecule has 0 bridgehead atoms. The summed E-state index contributed by atoms with van der Waals surface area (Å²) in [6.45, 7) is 0.953. The second kappa shape index (κ2) is 16.5. The van der Waals surface area contributed by atoms with Crippen LogP contribution in [-0.4, -0.2) is 64.9 Å². The number of carbonyl (C=O) groups is 4. The number of aromatic hydroxyl groups is 1. The van der Waals surface area contributed by atoms with E-state index in [1.165, 1.54) is 12.1 Å². The largest absolute Gasteiger partial charge is 0.508 e. The van der Waals surface area contributed by atoms with Crippen LogP contribution in [0.2, 0.25) is 0 Å². The molecular weight excluding hydrogens is 560 g/mol. The van der Waals surface area contributed by atoms with Crippen molar-refractivity contribution in [1.29, 1.82) is 0 Å². The van der Waals surface area contributed by atoms with Gasteiger partial charge in [0.1, 0.15) is 23.9 Å². The van der Waals surface area contributed by atoms with Gasteiger partial charge in [-0.1, -0.05) is 43.2 Å². The van der Waals surface area contributed by atoms with E-state index in [0.29, 0.717) is 38.8 Å². The summed E-state index contributed by atoms with van der Waals surface area (Å²) in [7, 11) is 0. The monoisotopic (exact) mass is 604 g/mol. The van der Waals surface area contributed by atoms with Gasteiger partial charge in [0.05, 0.1) is 0 Å². The molecule has 2 aromatic carbocycles. The van der Waals surface area contributed by atoms with Crippen LogP contribution < -0.4 is 27.0 Å². The van der Waals surface area contributed by atoms with Gasteiger partial charge in [-0.15, -0.1) is 0 Å². The van der Waals surface area contributed by atoms with Gasteiger partial charge in [-0.2, -0.15) is 0 Å². The molecule has 11 nitrogen and oxygen atoms in total. The number of hydrogen-bond donors (Lipinski definition) is 7. The molecule has 3 aromatic rings. The second-order valence-electron chi connectivity index (χ2n) is 11.4. The van der Waals surface area contributed by atoms with Gasteiger partial charge < -0.3 is 37.1 Å². The van der Waals surface area contributed by atoms with E-state index in [1.54, 1.807) is 12.1 Å². The lowest BCUT2D eigenvalue weighted by Gasteiger charge is -2.25. The number of carbonyl (C=O) groups excluding carboxylic acids is 4. The molecule has 11 heteroatoms. The number of nitrogens with one attached hydrogen (secondary N) is 5. The van der Waals surface area contributed by atoms with E-state index >= 15 is 0 Å². The Balaban J connectivity index is 1.63. The van der Waals surface area contributed by atoms with E-state index in [9.17, 15) is 24.3 Å². The van der Waals surface area contributed by atoms with Crippen molar-refractivity contribution in [3.8, 4) is 5.75 Å². The Hall–Kier alpha value is -4.38. The molecule has 8 N–H and O–H groups in total. The van der Waals surface area contributed by atoms with Crippen LogP contribution in [0.5, 0.6) is 5.75 Å². The van der Waals surface area contributed by atoms with Crippen molar-refractivity contribution in [2.45, 2.75) is 82.3 Å². The SMILES string of the molecule is NCCCC[C@@H]1NC(=O)[C@@H](Cc2c[nH]c3ccccc23)NC(=O)[C@H](Cc2ccc(O)cc2)NC(=O)CCCCCCNC1=O. The number of unbranched alkanes of at least 4 members (excludes halogenated alkanes) is 1. The number of H-pyrrole nitrogens is 1. The maximum absolute atomic E-state index is 13.9. The number of phenols is 1. The number of nitrogens with two attached hydrogens (primary N) is 1. The van der Waals surface area contributed by atoms with Crippen LogP contribution in [-0.2, 0) is 32.0 Å². The summed E-state index contributed by atoms with van der Waals surface area (Å²) in [5.74, 6) is -1.43. The van der Waals surface area contributed by atoms with Gasteiger partial charge in [0, 0.05) is 42.9 Å². The van der Waals surface area contributed by atoms with E-state index in [-0.39, 0.29) is 36.8 Å². The zero-order valence-corrected chi connectivity index (χ0v) is 25.1. The van der Waals surface area contributed by atoms with Crippen LogP contribution in [0.4, 0.5) is 0 Å². The van der Waals surface area contributed by atoms with Crippen molar-refractivity contribution in [3.05, 3.63) is 65.9 Å². The quantitative estimate of drug-likeness (QED) is 0.194. The van der Waals surface area contributed by atoms with E-state index in [1.807, 2.05) is 30.5 Å². The average Bonchev–Trinajstić information content (AvgIpc) is 3.42. The van der Waals surface area contributed by atoms with Crippen molar-refractivity contribution < 1.29 is 24.3 Å². The number of phenolic OH excluding ortho intramolecular Hbond substituents is 1. The number of fused-ring (bicyclic) bond motifs is 1. The Morgan fingerprint density at radius 3 is 2.23 bits per heavy atom. The fourth-order valence-corrected chi connectivity index (χ4v) is 5.48. The molecule has 0 radical (unpaired) electrons. The van der Waals surface area contributed by atoms with Gasteiger partial charge in [-0.3, -0.25) is 19.2 Å². The fraction of sp³-hybridized carbons (Fsp3) is 0.455. The van der Waals surface area contributed by atoms with Gasteiger partial charge >= 0.3 is 0 Å². The smallest absolute Gasteiger partial charge is 0.243 e. The van der Waals surface area contributed by atoms with E-state index in [2.05, 4.69) is 26.3 Å². The number of para-hydroxylation sites is 1. The van der Waals surface area contributed by atoms with Gasteiger partial charge in [0.25, 0.3) is 0 Å². The molecule has 0 spiro atoms. The lowest BCUT2D eigenvalue weighted by Crippen LogP contribution is -2.57. The maximum atomic E-state index is 13.9. The summed E-state index contributed by atoms with van der Waals surface area (Å²) in [5.41, 5.74) is 8.15. The first-order chi connectivity index (χ1) is 21.3. The zero-order valence-electron chi connectivity index (χ0n) is 25.1. The molecule has 0 saturated carbocycles. The fourth-order valence-electron chi connectivity index (χ4n) is 5.48. The van der Waals surface area contributed by atoms with Crippen LogP contribution in [0.3, 0.4) is 0 Å². The number of benzene rings is 2. The first kappa shape index (κ1) is 32.5. The lowest BCUT2D eigenvalue weighted by molar-refractivity contribution is -0.133. The van der Waals surface area contributed by atoms with Crippen LogP contribution in [0.15, 0.2) is 54.7 Å². The molecule has 236 valence electrons. The molecule has 3 atom stereocenters. The van der Waals surface area contributed by atoms with Crippen molar-refractivity contribution in [3.63, 3.8) is 0 Å². The van der Waals surface area contributed by atoms with Crippen molar-refractivity contribution in [1.82, 2.24) is 26.3 Å². The van der Waals surface area contributed by atoms with Gasteiger partial charge in [-0.05, 0) is 68.0 Å². The molecular formula is C33H44N6O5. The number of aromatic amines is 1. The highest BCUT2D eigenvalue weighted by Crippen LogP contribution is 2.20. The summed E-state index contributed by atoms with van der Waals surface area (Å²) in [4.78, 5) is 57.0. The van der Waals surface area contributed by atoms with Crippen LogP contribution >= 0.6 is 0 Å². The third kappa shape index (κ3) is 9.57. The number of aromatic nitrogens is 1. The Labute approximate surface area is 257 Å². The summed E-state index contributed by atoms with van der Waals surface area (Å²) in [5, 5.41) is 22.2. The number of amides is 4. The molecule has 1 fully saturated rings. The minimum absolute atomic E-state index is 0.0941. The Kier molecular flexibility index (Phi) is 12.2. The van der Waals surface area contributed by atoms with Crippen molar-refractivity contribution in [2.75, 3.05) is 13.1 Å².